The summed E-state index contributed by atoms with van der Waals surface area (Å²) in [6.07, 6.45) is 5.07. The van der Waals surface area contributed by atoms with E-state index < -0.39 is 28.9 Å². The van der Waals surface area contributed by atoms with Crippen molar-refractivity contribution in [2.75, 3.05) is 24.8 Å². The Balaban J connectivity index is 1.81. The maximum Gasteiger partial charge on any atom is 0.278 e. The van der Waals surface area contributed by atoms with Crippen LogP contribution in [0.15, 0.2) is 77.7 Å². The number of pyridine rings is 1. The lowest BCUT2D eigenvalue weighted by Gasteiger charge is -2.43. The molecule has 32 heavy (non-hydrogen) atoms. The zero-order valence-electron chi connectivity index (χ0n) is 17.0. The lowest BCUT2D eigenvalue weighted by Crippen LogP contribution is -2.55. The van der Waals surface area contributed by atoms with E-state index in [1.165, 1.54) is 34.0 Å². The van der Waals surface area contributed by atoms with Crippen LogP contribution in [0.25, 0.3) is 0 Å². The highest BCUT2D eigenvalue weighted by molar-refractivity contribution is 5.96. The van der Waals surface area contributed by atoms with Gasteiger partial charge >= 0.3 is 0 Å². The highest BCUT2D eigenvalue weighted by atomic mass is 19.1. The Morgan fingerprint density at radius 2 is 1.88 bits per heavy atom. The minimum atomic E-state index is -0.641. The van der Waals surface area contributed by atoms with Gasteiger partial charge in [0.05, 0.1) is 0 Å². The largest absolute Gasteiger partial charge is 0.502 e. The number of ether oxygens (including phenoxy) is 1. The van der Waals surface area contributed by atoms with Gasteiger partial charge in [0.25, 0.3) is 5.91 Å². The number of aromatic hydroxyl groups is 1. The van der Waals surface area contributed by atoms with E-state index >= 15 is 0 Å². The van der Waals surface area contributed by atoms with Crippen LogP contribution in [-0.2, 0) is 0 Å². The maximum atomic E-state index is 14.3. The van der Waals surface area contributed by atoms with Crippen LogP contribution in [0.5, 0.6) is 11.5 Å². The molecule has 1 N–H and O–H groups in total. The average molecular weight is 433 g/mol. The molecule has 3 aromatic rings. The summed E-state index contributed by atoms with van der Waals surface area (Å²) in [5.41, 5.74) is 0.618. The van der Waals surface area contributed by atoms with Crippen LogP contribution < -0.4 is 15.2 Å². The van der Waals surface area contributed by atoms with Crippen LogP contribution in [0.3, 0.4) is 0 Å². The molecule has 2 bridgehead atoms. The topological polar surface area (TPSA) is 75.0 Å². The summed E-state index contributed by atoms with van der Waals surface area (Å²) in [5.74, 6) is -0.866. The molecule has 0 aliphatic carbocycles. The molecule has 2 aliphatic rings. The second-order valence-corrected chi connectivity index (χ2v) is 7.61. The quantitative estimate of drug-likeness (QED) is 0.598. The molecule has 1 amide bonds. The number of carbonyl (C=O) groups is 1. The van der Waals surface area contributed by atoms with Crippen molar-refractivity contribution in [3.8, 4) is 11.5 Å². The fourth-order valence-electron chi connectivity index (χ4n) is 4.17. The number of fused-ring (bicyclic) bond motifs is 5. The summed E-state index contributed by atoms with van der Waals surface area (Å²) >= 11 is 0. The van der Waals surface area contributed by atoms with Gasteiger partial charge < -0.3 is 14.7 Å². The summed E-state index contributed by atoms with van der Waals surface area (Å²) in [6, 6.07) is 14.3. The summed E-state index contributed by atoms with van der Waals surface area (Å²) in [5, 5.41) is 12.3. The number of amides is 1. The van der Waals surface area contributed by atoms with Gasteiger partial charge in [-0.15, -0.1) is 0 Å². The van der Waals surface area contributed by atoms with Gasteiger partial charge in [-0.25, -0.2) is 4.39 Å². The molecule has 5 rings (SSSR count). The van der Waals surface area contributed by atoms with Crippen molar-refractivity contribution in [1.82, 2.24) is 9.58 Å². The van der Waals surface area contributed by atoms with Gasteiger partial charge in [0.15, 0.2) is 11.4 Å². The van der Waals surface area contributed by atoms with Gasteiger partial charge in [0.1, 0.15) is 30.9 Å². The molecular weight excluding hydrogens is 413 g/mol. The number of aromatic nitrogens is 1. The molecule has 8 heteroatoms. The van der Waals surface area contributed by atoms with Crippen molar-refractivity contribution in [2.24, 2.45) is 0 Å². The van der Waals surface area contributed by atoms with Crippen molar-refractivity contribution >= 4 is 5.91 Å². The average Bonchev–Trinajstić information content (AvgIpc) is 2.82. The van der Waals surface area contributed by atoms with Crippen molar-refractivity contribution < 1.29 is 19.0 Å². The van der Waals surface area contributed by atoms with Gasteiger partial charge in [-0.3, -0.25) is 19.3 Å². The number of benzene rings is 2. The molecule has 2 aliphatic heterocycles. The molecule has 7 nitrogen and oxygen atoms in total. The van der Waals surface area contributed by atoms with Crippen molar-refractivity contribution in [3.05, 3.63) is 106 Å². The smallest absolute Gasteiger partial charge is 0.278 e. The predicted octanol–water partition coefficient (Wildman–Crippen LogP) is 2.78. The Hall–Kier alpha value is -4.07. The van der Waals surface area contributed by atoms with E-state index in [0.29, 0.717) is 17.9 Å². The molecule has 162 valence electrons. The highest BCUT2D eigenvalue weighted by Crippen LogP contribution is 2.37. The van der Waals surface area contributed by atoms with Crippen LogP contribution in [0.4, 0.5) is 4.39 Å². The van der Waals surface area contributed by atoms with E-state index in [2.05, 4.69) is 0 Å². The first-order valence-electron chi connectivity index (χ1n) is 10.2. The van der Waals surface area contributed by atoms with E-state index in [0.717, 1.165) is 5.56 Å². The van der Waals surface area contributed by atoms with Gasteiger partial charge in [-0.2, -0.15) is 0 Å². The van der Waals surface area contributed by atoms with Crippen LogP contribution in [0.1, 0.15) is 27.7 Å². The predicted molar refractivity (Wildman–Crippen MR) is 116 cm³/mol. The molecule has 0 spiro atoms. The Kier molecular flexibility index (Phi) is 4.89. The molecule has 3 heterocycles. The zero-order valence-corrected chi connectivity index (χ0v) is 17.0. The number of carbonyl (C=O) groups excluding carboxylic acids is 1. The number of hydrogen-bond donors (Lipinski definition) is 1. The highest BCUT2D eigenvalue weighted by Gasteiger charge is 2.37. The zero-order chi connectivity index (χ0) is 22.2. The lowest BCUT2D eigenvalue weighted by molar-refractivity contribution is 0.0701. The number of nitrogens with zero attached hydrogens (tertiary/aromatic N) is 3. The SMILES string of the molecule is O=C1c2c(O)c(=O)ccn2N2CN1C/C=C\COc1ccccc1[C@H]2c1cccc(F)c1. The Bertz CT molecular complexity index is 1290. The second kappa shape index (κ2) is 7.88. The molecule has 1 aromatic heterocycles. The number of para-hydroxylation sites is 1. The molecule has 0 radical (unpaired) electrons. The van der Waals surface area contributed by atoms with Crippen molar-refractivity contribution in [2.45, 2.75) is 6.04 Å². The third-order valence-electron chi connectivity index (χ3n) is 5.64. The van der Waals surface area contributed by atoms with E-state index in [4.69, 9.17) is 4.74 Å². The van der Waals surface area contributed by atoms with Crippen molar-refractivity contribution in [3.63, 3.8) is 0 Å². The Labute approximate surface area is 183 Å². The van der Waals surface area contributed by atoms with E-state index in [1.54, 1.807) is 18.2 Å². The van der Waals surface area contributed by atoms with Gasteiger partial charge in [0.2, 0.25) is 5.43 Å². The van der Waals surface area contributed by atoms with E-state index in [1.807, 2.05) is 35.4 Å². The van der Waals surface area contributed by atoms with Gasteiger partial charge in [0, 0.05) is 24.4 Å². The minimum absolute atomic E-state index is 0.129. The molecule has 0 unspecified atom stereocenters. The van der Waals surface area contributed by atoms with Crippen LogP contribution in [0.2, 0.25) is 0 Å². The Morgan fingerprint density at radius 1 is 1.03 bits per heavy atom. The summed E-state index contributed by atoms with van der Waals surface area (Å²) in [7, 11) is 0. The van der Waals surface area contributed by atoms with Crippen molar-refractivity contribution in [1.29, 1.82) is 0 Å². The first-order chi connectivity index (χ1) is 15.5. The molecule has 0 saturated carbocycles. The number of rotatable bonds is 1. The monoisotopic (exact) mass is 433 g/mol. The first-order valence-corrected chi connectivity index (χ1v) is 10.2. The van der Waals surface area contributed by atoms with Crippen LogP contribution in [0, 0.1) is 5.82 Å². The maximum absolute atomic E-state index is 14.3. The standard InChI is InChI=1S/C24H20FN3O4/c25-17-7-5-6-16(14-17)21-18-8-1-2-9-20(18)32-13-4-3-11-26-15-28(21)27-12-10-19(29)23(30)22(27)24(26)31/h1-10,12,14,21,30H,11,13,15H2/b4-3-/t21-/m1/s1. The van der Waals surface area contributed by atoms with Crippen LogP contribution in [-0.4, -0.2) is 40.4 Å². The van der Waals surface area contributed by atoms with Crippen LogP contribution >= 0.6 is 0 Å². The second-order valence-electron chi connectivity index (χ2n) is 7.61. The fourth-order valence-corrected chi connectivity index (χ4v) is 4.17. The lowest BCUT2D eigenvalue weighted by atomic mass is 9.96. The Morgan fingerprint density at radius 3 is 2.72 bits per heavy atom. The molecular formula is C24H20FN3O4. The number of halogens is 1. The number of hydrogen-bond acceptors (Lipinski definition) is 5. The summed E-state index contributed by atoms with van der Waals surface area (Å²) < 4.78 is 21.7. The minimum Gasteiger partial charge on any atom is -0.502 e. The molecule has 0 fully saturated rings. The first kappa shape index (κ1) is 19.9. The van der Waals surface area contributed by atoms with E-state index in [9.17, 15) is 19.1 Å². The third kappa shape index (κ3) is 3.30. The van der Waals surface area contributed by atoms with Gasteiger partial charge in [-0.1, -0.05) is 36.4 Å². The van der Waals surface area contributed by atoms with E-state index in [-0.39, 0.29) is 18.9 Å². The molecule has 1 atom stereocenters. The third-order valence-corrected chi connectivity index (χ3v) is 5.64. The fraction of sp³-hybridized carbons (Fsp3) is 0.167. The van der Waals surface area contributed by atoms with Gasteiger partial charge in [-0.05, 0) is 29.8 Å². The molecule has 0 saturated heterocycles. The normalized spacial score (nSPS) is 18.8. The molecule has 2 aromatic carbocycles. The summed E-state index contributed by atoms with van der Waals surface area (Å²) in [4.78, 5) is 26.8. The summed E-state index contributed by atoms with van der Waals surface area (Å²) in [6.45, 7) is 0.701.